The van der Waals surface area contributed by atoms with Gasteiger partial charge in [0.15, 0.2) is 0 Å². The fourth-order valence-corrected chi connectivity index (χ4v) is 1.14. The zero-order valence-corrected chi connectivity index (χ0v) is 9.95. The molecular formula is C8H11PY. The van der Waals surface area contributed by atoms with Crippen LogP contribution in [0.1, 0.15) is 5.56 Å². The minimum atomic E-state index is 0. The Morgan fingerprint density at radius 2 is 1.70 bits per heavy atom. The molecule has 1 aromatic rings. The van der Waals surface area contributed by atoms with Gasteiger partial charge in [-0.05, 0) is 18.1 Å². The molecule has 0 spiro atoms. The Morgan fingerprint density at radius 3 is 2.20 bits per heavy atom. The van der Waals surface area contributed by atoms with E-state index in [1.165, 1.54) is 12.0 Å². The van der Waals surface area contributed by atoms with Gasteiger partial charge < -0.3 is 0 Å². The first-order chi connectivity index (χ1) is 4.43. The van der Waals surface area contributed by atoms with Crippen molar-refractivity contribution in [2.45, 2.75) is 6.42 Å². The summed E-state index contributed by atoms with van der Waals surface area (Å²) in [6.45, 7) is 0. The Labute approximate surface area is 89.9 Å². The number of aryl methyl sites for hydroxylation is 1. The van der Waals surface area contributed by atoms with Crippen LogP contribution in [0.15, 0.2) is 30.3 Å². The average Bonchev–Trinajstić information content (AvgIpc) is 1.91. The van der Waals surface area contributed by atoms with Gasteiger partial charge >= 0.3 is 0 Å². The van der Waals surface area contributed by atoms with E-state index in [0.29, 0.717) is 0 Å². The first-order valence-electron chi connectivity index (χ1n) is 3.17. The van der Waals surface area contributed by atoms with E-state index in [9.17, 15) is 0 Å². The summed E-state index contributed by atoms with van der Waals surface area (Å²) < 4.78 is 0. The SMILES string of the molecule is PCCc1ccccc1.[Y]. The molecule has 0 aromatic heterocycles. The topological polar surface area (TPSA) is 0 Å². The van der Waals surface area contributed by atoms with Gasteiger partial charge in [-0.15, -0.1) is 9.24 Å². The Hall–Kier alpha value is 0.754. The summed E-state index contributed by atoms with van der Waals surface area (Å²) in [6.07, 6.45) is 2.33. The van der Waals surface area contributed by atoms with Crippen molar-refractivity contribution in [1.29, 1.82) is 0 Å². The van der Waals surface area contributed by atoms with Gasteiger partial charge in [-0.1, -0.05) is 30.3 Å². The Bertz CT molecular complexity index is 162. The van der Waals surface area contributed by atoms with Gasteiger partial charge in [0.2, 0.25) is 0 Å². The second kappa shape index (κ2) is 6.46. The van der Waals surface area contributed by atoms with E-state index >= 15 is 0 Å². The summed E-state index contributed by atoms with van der Waals surface area (Å²) >= 11 is 0. The van der Waals surface area contributed by atoms with Gasteiger partial charge in [0, 0.05) is 32.7 Å². The summed E-state index contributed by atoms with van der Waals surface area (Å²) in [5.41, 5.74) is 1.42. The smallest absolute Gasteiger partial charge is 0 e. The van der Waals surface area contributed by atoms with Crippen molar-refractivity contribution in [2.75, 3.05) is 6.16 Å². The van der Waals surface area contributed by atoms with Crippen LogP contribution in [-0.2, 0) is 39.1 Å². The molecule has 1 aromatic carbocycles. The zero-order chi connectivity index (χ0) is 6.53. The molecule has 0 fully saturated rings. The molecule has 0 bridgehead atoms. The molecule has 1 rings (SSSR count). The molecule has 1 radical (unpaired) electrons. The third-order valence-electron chi connectivity index (χ3n) is 1.28. The molecule has 0 heterocycles. The Kier molecular flexibility index (Phi) is 6.95. The molecule has 2 heteroatoms. The van der Waals surface area contributed by atoms with Crippen LogP contribution in [0.4, 0.5) is 0 Å². The molecule has 0 saturated carbocycles. The van der Waals surface area contributed by atoms with Crippen LogP contribution >= 0.6 is 9.24 Å². The molecule has 1 unspecified atom stereocenters. The van der Waals surface area contributed by atoms with Crippen molar-refractivity contribution in [3.63, 3.8) is 0 Å². The van der Waals surface area contributed by atoms with Crippen molar-refractivity contribution in [2.24, 2.45) is 0 Å². The fourth-order valence-electron chi connectivity index (χ4n) is 0.811. The van der Waals surface area contributed by atoms with Crippen molar-refractivity contribution in [1.82, 2.24) is 0 Å². The van der Waals surface area contributed by atoms with Gasteiger partial charge in [0.05, 0.1) is 0 Å². The molecule has 0 aliphatic carbocycles. The van der Waals surface area contributed by atoms with Crippen molar-refractivity contribution in [3.8, 4) is 0 Å². The van der Waals surface area contributed by atoms with Crippen LogP contribution in [0.5, 0.6) is 0 Å². The van der Waals surface area contributed by atoms with E-state index in [1.807, 2.05) is 6.07 Å². The van der Waals surface area contributed by atoms with E-state index < -0.39 is 0 Å². The first-order valence-corrected chi connectivity index (χ1v) is 3.99. The van der Waals surface area contributed by atoms with E-state index in [4.69, 9.17) is 0 Å². The van der Waals surface area contributed by atoms with Crippen LogP contribution in [0.3, 0.4) is 0 Å². The largest absolute Gasteiger partial charge is 0.137 e. The van der Waals surface area contributed by atoms with Crippen LogP contribution < -0.4 is 0 Å². The molecule has 0 aliphatic rings. The van der Waals surface area contributed by atoms with E-state index in [0.717, 1.165) is 6.16 Å². The Balaban J connectivity index is 0.000000810. The molecule has 0 saturated heterocycles. The predicted molar refractivity (Wildman–Crippen MR) is 44.7 cm³/mol. The molecule has 0 nitrogen and oxygen atoms in total. The maximum Gasteiger partial charge on any atom is 0 e. The minimum absolute atomic E-state index is 0. The molecular weight excluding hydrogens is 216 g/mol. The number of hydrogen-bond acceptors (Lipinski definition) is 0. The van der Waals surface area contributed by atoms with Gasteiger partial charge in [0.25, 0.3) is 0 Å². The third kappa shape index (κ3) is 3.81. The summed E-state index contributed by atoms with van der Waals surface area (Å²) in [5.74, 6) is 0. The number of benzene rings is 1. The van der Waals surface area contributed by atoms with Gasteiger partial charge in [-0.2, -0.15) is 0 Å². The second-order valence-corrected chi connectivity index (χ2v) is 2.60. The summed E-state index contributed by atoms with van der Waals surface area (Å²) in [7, 11) is 2.73. The van der Waals surface area contributed by atoms with Crippen LogP contribution in [0.2, 0.25) is 0 Å². The molecule has 10 heavy (non-hydrogen) atoms. The average molecular weight is 227 g/mol. The minimum Gasteiger partial charge on any atom is -0.137 e. The molecule has 0 N–H and O–H groups in total. The summed E-state index contributed by atoms with van der Waals surface area (Å²) in [6, 6.07) is 10.5. The van der Waals surface area contributed by atoms with Crippen molar-refractivity contribution in [3.05, 3.63) is 35.9 Å². The van der Waals surface area contributed by atoms with Gasteiger partial charge in [-0.25, -0.2) is 0 Å². The Morgan fingerprint density at radius 1 is 1.10 bits per heavy atom. The van der Waals surface area contributed by atoms with Crippen LogP contribution in [0, 0.1) is 0 Å². The molecule has 0 aliphatic heterocycles. The van der Waals surface area contributed by atoms with Crippen molar-refractivity contribution >= 4 is 9.24 Å². The summed E-state index contributed by atoms with van der Waals surface area (Å²) in [5, 5.41) is 0. The van der Waals surface area contributed by atoms with Crippen LogP contribution in [-0.4, -0.2) is 6.16 Å². The van der Waals surface area contributed by atoms with E-state index in [1.54, 1.807) is 0 Å². The number of rotatable bonds is 2. The maximum absolute atomic E-state index is 2.73. The maximum atomic E-state index is 2.73. The second-order valence-electron chi connectivity index (χ2n) is 2.02. The standard InChI is InChI=1S/C8H11P.Y/c9-7-6-8-4-2-1-3-5-8;/h1-5H,6-7,9H2;. The summed E-state index contributed by atoms with van der Waals surface area (Å²) in [4.78, 5) is 0. The van der Waals surface area contributed by atoms with Gasteiger partial charge in [0.1, 0.15) is 0 Å². The van der Waals surface area contributed by atoms with Crippen molar-refractivity contribution < 1.29 is 32.7 Å². The normalized spacial score (nSPS) is 8.50. The predicted octanol–water partition coefficient (Wildman–Crippen LogP) is 2.10. The zero-order valence-electron chi connectivity index (χ0n) is 5.96. The van der Waals surface area contributed by atoms with Crippen LogP contribution in [0.25, 0.3) is 0 Å². The third-order valence-corrected chi connectivity index (χ3v) is 1.56. The molecule has 51 valence electrons. The number of hydrogen-bond donors (Lipinski definition) is 0. The van der Waals surface area contributed by atoms with E-state index in [-0.39, 0.29) is 32.7 Å². The monoisotopic (exact) mass is 227 g/mol. The molecule has 0 amide bonds. The van der Waals surface area contributed by atoms with Gasteiger partial charge in [-0.3, -0.25) is 0 Å². The first kappa shape index (κ1) is 10.8. The molecule has 1 atom stereocenters. The van der Waals surface area contributed by atoms with E-state index in [2.05, 4.69) is 33.5 Å². The quantitative estimate of drug-likeness (QED) is 0.678. The fraction of sp³-hybridized carbons (Fsp3) is 0.250.